The summed E-state index contributed by atoms with van der Waals surface area (Å²) in [6.45, 7) is 1.38. The minimum atomic E-state index is -0.805. The van der Waals surface area contributed by atoms with Gasteiger partial charge in [-0.2, -0.15) is 5.26 Å². The Morgan fingerprint density at radius 3 is 2.24 bits per heavy atom. The zero-order valence-electron chi connectivity index (χ0n) is 11.0. The SMILES string of the molecule is Cc1c([N+](=O)[O-])cc([N+](=O)[O-])c2c(C#N)cc(=O)n(C)c12. The highest BCUT2D eigenvalue weighted by atomic mass is 16.6. The number of aromatic nitrogens is 1. The summed E-state index contributed by atoms with van der Waals surface area (Å²) in [6, 6.07) is 3.50. The molecule has 0 fully saturated rings. The van der Waals surface area contributed by atoms with Crippen LogP contribution in [0.25, 0.3) is 10.9 Å². The molecule has 0 spiro atoms. The number of rotatable bonds is 2. The molecule has 9 nitrogen and oxygen atoms in total. The quantitative estimate of drug-likeness (QED) is 0.608. The lowest BCUT2D eigenvalue weighted by molar-refractivity contribution is -0.393. The lowest BCUT2D eigenvalue weighted by atomic mass is 10.0. The van der Waals surface area contributed by atoms with Gasteiger partial charge < -0.3 is 4.57 Å². The predicted octanol–water partition coefficient (Wildman–Crippen LogP) is 1.53. The standard InChI is InChI=1S/C12H8N4O5/c1-6-8(15(18)19)4-9(16(20)21)11-7(5-13)3-10(17)14(2)12(6)11/h3-4H,1-2H3. The van der Waals surface area contributed by atoms with Crippen LogP contribution in [0, 0.1) is 38.5 Å². The summed E-state index contributed by atoms with van der Waals surface area (Å²) in [5.74, 6) is 0. The number of pyridine rings is 1. The van der Waals surface area contributed by atoms with Gasteiger partial charge in [-0.1, -0.05) is 0 Å². The first-order valence-electron chi connectivity index (χ1n) is 5.65. The van der Waals surface area contributed by atoms with E-state index in [1.165, 1.54) is 14.0 Å². The van der Waals surface area contributed by atoms with Crippen LogP contribution in [-0.2, 0) is 7.05 Å². The average molecular weight is 288 g/mol. The third kappa shape index (κ3) is 1.99. The van der Waals surface area contributed by atoms with E-state index in [0.717, 1.165) is 16.7 Å². The zero-order chi connectivity index (χ0) is 15.9. The topological polar surface area (TPSA) is 132 Å². The third-order valence-electron chi connectivity index (χ3n) is 3.22. The summed E-state index contributed by atoms with van der Waals surface area (Å²) in [7, 11) is 1.34. The second-order valence-corrected chi connectivity index (χ2v) is 4.34. The highest BCUT2D eigenvalue weighted by molar-refractivity contribution is 5.97. The van der Waals surface area contributed by atoms with Crippen molar-refractivity contribution in [2.45, 2.75) is 6.92 Å². The lowest BCUT2D eigenvalue weighted by Gasteiger charge is -2.10. The number of nitro groups is 2. The van der Waals surface area contributed by atoms with E-state index in [1.807, 2.05) is 0 Å². The maximum atomic E-state index is 11.8. The zero-order valence-corrected chi connectivity index (χ0v) is 11.0. The average Bonchev–Trinajstić information content (AvgIpc) is 2.41. The van der Waals surface area contributed by atoms with Crippen molar-refractivity contribution in [3.63, 3.8) is 0 Å². The van der Waals surface area contributed by atoms with Crippen molar-refractivity contribution in [2.24, 2.45) is 7.05 Å². The number of nitro benzene ring substituents is 2. The van der Waals surface area contributed by atoms with Gasteiger partial charge in [0.1, 0.15) is 6.07 Å². The molecule has 9 heteroatoms. The molecule has 106 valence electrons. The van der Waals surface area contributed by atoms with Gasteiger partial charge in [0.2, 0.25) is 0 Å². The summed E-state index contributed by atoms with van der Waals surface area (Å²) >= 11 is 0. The normalized spacial score (nSPS) is 10.3. The van der Waals surface area contributed by atoms with Crippen LogP contribution in [0.4, 0.5) is 11.4 Å². The molecule has 0 unspecified atom stereocenters. The van der Waals surface area contributed by atoms with E-state index in [1.54, 1.807) is 6.07 Å². The largest absolute Gasteiger partial charge is 0.310 e. The summed E-state index contributed by atoms with van der Waals surface area (Å²) in [4.78, 5) is 32.4. The van der Waals surface area contributed by atoms with Crippen molar-refractivity contribution in [3.8, 4) is 6.07 Å². The third-order valence-corrected chi connectivity index (χ3v) is 3.22. The van der Waals surface area contributed by atoms with Crippen LogP contribution in [0.5, 0.6) is 0 Å². The minimum Gasteiger partial charge on any atom is -0.310 e. The molecule has 0 bridgehead atoms. The van der Waals surface area contributed by atoms with Gasteiger partial charge in [-0.05, 0) is 6.92 Å². The van der Waals surface area contributed by atoms with Crippen LogP contribution in [0.15, 0.2) is 16.9 Å². The van der Waals surface area contributed by atoms with Gasteiger partial charge in [-0.15, -0.1) is 0 Å². The Balaban J connectivity index is 3.24. The molecular weight excluding hydrogens is 280 g/mol. The molecular formula is C12H8N4O5. The van der Waals surface area contributed by atoms with Crippen molar-refractivity contribution in [1.82, 2.24) is 4.57 Å². The Kier molecular flexibility index (Phi) is 3.15. The second-order valence-electron chi connectivity index (χ2n) is 4.34. The summed E-state index contributed by atoms with van der Waals surface area (Å²) in [5.41, 5.74) is -1.69. The summed E-state index contributed by atoms with van der Waals surface area (Å²) in [5, 5.41) is 31.2. The molecule has 0 saturated carbocycles. The molecule has 0 aliphatic carbocycles. The Bertz CT molecular complexity index is 907. The Hall–Kier alpha value is -3.28. The van der Waals surface area contributed by atoms with Crippen molar-refractivity contribution in [2.75, 3.05) is 0 Å². The molecule has 1 aromatic heterocycles. The van der Waals surface area contributed by atoms with Crippen LogP contribution in [0.3, 0.4) is 0 Å². The van der Waals surface area contributed by atoms with Crippen LogP contribution in [0.1, 0.15) is 11.1 Å². The van der Waals surface area contributed by atoms with Crippen molar-refractivity contribution >= 4 is 22.3 Å². The molecule has 2 rings (SSSR count). The molecule has 1 aromatic carbocycles. The number of nitrogens with zero attached hydrogens (tertiary/aromatic N) is 4. The van der Waals surface area contributed by atoms with Crippen LogP contribution >= 0.6 is 0 Å². The Labute approximate surface area is 116 Å². The minimum absolute atomic E-state index is 0.0138. The van der Waals surface area contributed by atoms with Gasteiger partial charge in [0.15, 0.2) is 0 Å². The number of hydrogen-bond acceptors (Lipinski definition) is 6. The van der Waals surface area contributed by atoms with E-state index in [0.29, 0.717) is 0 Å². The second kappa shape index (κ2) is 4.68. The van der Waals surface area contributed by atoms with Crippen molar-refractivity contribution in [3.05, 3.63) is 53.8 Å². The lowest BCUT2D eigenvalue weighted by Crippen LogP contribution is -2.18. The first-order chi connectivity index (χ1) is 9.79. The first kappa shape index (κ1) is 14.1. The molecule has 0 aliphatic heterocycles. The first-order valence-corrected chi connectivity index (χ1v) is 5.65. The molecule has 21 heavy (non-hydrogen) atoms. The Morgan fingerprint density at radius 1 is 1.19 bits per heavy atom. The molecule has 0 atom stereocenters. The van der Waals surface area contributed by atoms with Crippen LogP contribution in [-0.4, -0.2) is 14.4 Å². The molecule has 2 aromatic rings. The molecule has 0 N–H and O–H groups in total. The maximum Gasteiger partial charge on any atom is 0.286 e. The van der Waals surface area contributed by atoms with Gasteiger partial charge in [0, 0.05) is 13.1 Å². The molecule has 0 saturated heterocycles. The number of benzene rings is 1. The van der Waals surface area contributed by atoms with E-state index in [9.17, 15) is 25.0 Å². The smallest absolute Gasteiger partial charge is 0.286 e. The van der Waals surface area contributed by atoms with Gasteiger partial charge in [0.05, 0.1) is 37.9 Å². The molecule has 1 heterocycles. The van der Waals surface area contributed by atoms with Gasteiger partial charge in [-0.25, -0.2) is 0 Å². The maximum absolute atomic E-state index is 11.8. The van der Waals surface area contributed by atoms with E-state index >= 15 is 0 Å². The molecule has 0 aliphatic rings. The highest BCUT2D eigenvalue weighted by Gasteiger charge is 2.27. The van der Waals surface area contributed by atoms with Crippen LogP contribution in [0.2, 0.25) is 0 Å². The van der Waals surface area contributed by atoms with Crippen molar-refractivity contribution < 1.29 is 9.85 Å². The van der Waals surface area contributed by atoms with Gasteiger partial charge in [0.25, 0.3) is 16.9 Å². The fraction of sp³-hybridized carbons (Fsp3) is 0.167. The van der Waals surface area contributed by atoms with Crippen LogP contribution < -0.4 is 5.56 Å². The van der Waals surface area contributed by atoms with E-state index < -0.39 is 26.8 Å². The van der Waals surface area contributed by atoms with E-state index in [2.05, 4.69) is 0 Å². The molecule has 0 radical (unpaired) electrons. The predicted molar refractivity (Wildman–Crippen MR) is 71.9 cm³/mol. The number of nitriles is 1. The van der Waals surface area contributed by atoms with E-state index in [4.69, 9.17) is 5.26 Å². The summed E-state index contributed by atoms with van der Waals surface area (Å²) in [6.07, 6.45) is 0. The van der Waals surface area contributed by atoms with Gasteiger partial charge >= 0.3 is 0 Å². The fourth-order valence-electron chi connectivity index (χ4n) is 2.25. The van der Waals surface area contributed by atoms with Gasteiger partial charge in [-0.3, -0.25) is 25.0 Å². The number of aryl methyl sites for hydroxylation is 2. The monoisotopic (exact) mass is 288 g/mol. The molecule has 0 amide bonds. The number of fused-ring (bicyclic) bond motifs is 1. The van der Waals surface area contributed by atoms with E-state index in [-0.39, 0.29) is 22.0 Å². The van der Waals surface area contributed by atoms with Crippen molar-refractivity contribution in [1.29, 1.82) is 5.26 Å². The Morgan fingerprint density at radius 2 is 1.76 bits per heavy atom. The summed E-state index contributed by atoms with van der Waals surface area (Å²) < 4.78 is 1.06. The number of hydrogen-bond donors (Lipinski definition) is 0. The number of non-ortho nitro benzene ring substituents is 1. The highest BCUT2D eigenvalue weighted by Crippen LogP contribution is 2.35. The fourth-order valence-corrected chi connectivity index (χ4v) is 2.25.